The predicted molar refractivity (Wildman–Crippen MR) is 88.5 cm³/mol. The molecule has 0 saturated heterocycles. The molecule has 2 aromatic rings. The molecule has 0 aliphatic heterocycles. The molecule has 0 bridgehead atoms. The van der Waals surface area contributed by atoms with Crippen LogP contribution in [0.25, 0.3) is 0 Å². The summed E-state index contributed by atoms with van der Waals surface area (Å²) in [7, 11) is 0. The zero-order chi connectivity index (χ0) is 16.2. The second kappa shape index (κ2) is 6.07. The zero-order valence-corrected chi connectivity index (χ0v) is 13.1. The summed E-state index contributed by atoms with van der Waals surface area (Å²) in [5, 5.41) is 10.0. The van der Waals surface area contributed by atoms with Gasteiger partial charge in [0.1, 0.15) is 0 Å². The molecule has 2 nitrogen and oxygen atoms in total. The maximum atomic E-state index is 12.2. The van der Waals surface area contributed by atoms with Crippen LogP contribution in [0.2, 0.25) is 0 Å². The molecule has 112 valence electrons. The summed E-state index contributed by atoms with van der Waals surface area (Å²) in [6, 6.07) is 18.4. The highest BCUT2D eigenvalue weighted by atomic mass is 16.4. The number of carbonyl (C=O) groups is 1. The van der Waals surface area contributed by atoms with E-state index in [4.69, 9.17) is 0 Å². The predicted octanol–water partition coefficient (Wildman–Crippen LogP) is 4.11. The van der Waals surface area contributed by atoms with Crippen LogP contribution in [0.1, 0.15) is 31.9 Å². The van der Waals surface area contributed by atoms with Gasteiger partial charge in [0.15, 0.2) is 5.41 Å². The van der Waals surface area contributed by atoms with E-state index in [0.717, 1.165) is 0 Å². The van der Waals surface area contributed by atoms with Crippen LogP contribution in [0.3, 0.4) is 0 Å². The highest BCUT2D eigenvalue weighted by molar-refractivity contribution is 5.90. The lowest BCUT2D eigenvalue weighted by molar-refractivity contribution is -0.140. The SMILES string of the molecule is CC(C)(C)C#CC(C(=O)O)(c1ccccc1)c1ccccc1. The molecule has 0 fully saturated rings. The fourth-order valence-corrected chi connectivity index (χ4v) is 2.27. The van der Waals surface area contributed by atoms with E-state index in [9.17, 15) is 9.90 Å². The van der Waals surface area contributed by atoms with Crippen LogP contribution < -0.4 is 0 Å². The van der Waals surface area contributed by atoms with E-state index in [1.54, 1.807) is 0 Å². The van der Waals surface area contributed by atoms with Crippen molar-refractivity contribution in [3.63, 3.8) is 0 Å². The molecular formula is C20H20O2. The van der Waals surface area contributed by atoms with Gasteiger partial charge in [-0.2, -0.15) is 0 Å². The van der Waals surface area contributed by atoms with Gasteiger partial charge in [-0.25, -0.2) is 4.79 Å². The second-order valence-corrected chi connectivity index (χ2v) is 6.29. The first-order valence-electron chi connectivity index (χ1n) is 7.25. The summed E-state index contributed by atoms with van der Waals surface area (Å²) >= 11 is 0. The number of carboxylic acids is 1. The third-order valence-corrected chi connectivity index (χ3v) is 3.36. The topological polar surface area (TPSA) is 37.3 Å². The minimum Gasteiger partial charge on any atom is -0.480 e. The van der Waals surface area contributed by atoms with E-state index in [0.29, 0.717) is 11.1 Å². The largest absolute Gasteiger partial charge is 0.480 e. The summed E-state index contributed by atoms with van der Waals surface area (Å²) in [5.41, 5.74) is -0.282. The lowest BCUT2D eigenvalue weighted by atomic mass is 9.74. The Bertz CT molecular complexity index is 659. The third-order valence-electron chi connectivity index (χ3n) is 3.36. The number of benzene rings is 2. The minimum absolute atomic E-state index is 0.274. The summed E-state index contributed by atoms with van der Waals surface area (Å²) < 4.78 is 0. The van der Waals surface area contributed by atoms with Crippen LogP contribution in [0.5, 0.6) is 0 Å². The van der Waals surface area contributed by atoms with Gasteiger partial charge in [-0.15, -0.1) is 0 Å². The standard InChI is InChI=1S/C20H20O2/c1-19(2,3)14-15-20(18(21)22,16-10-6-4-7-11-16)17-12-8-5-9-13-17/h4-13H,1-3H3,(H,21,22). The summed E-state index contributed by atoms with van der Waals surface area (Å²) in [6.45, 7) is 5.92. The van der Waals surface area contributed by atoms with Crippen LogP contribution >= 0.6 is 0 Å². The maximum Gasteiger partial charge on any atom is 0.331 e. The summed E-state index contributed by atoms with van der Waals surface area (Å²) in [6.07, 6.45) is 0. The Kier molecular flexibility index (Phi) is 4.37. The van der Waals surface area contributed by atoms with Crippen LogP contribution in [0.4, 0.5) is 0 Å². The monoisotopic (exact) mass is 292 g/mol. The molecule has 2 heteroatoms. The van der Waals surface area contributed by atoms with E-state index < -0.39 is 11.4 Å². The average molecular weight is 292 g/mol. The first-order chi connectivity index (χ1) is 10.4. The molecule has 0 saturated carbocycles. The molecule has 0 aliphatic carbocycles. The van der Waals surface area contributed by atoms with E-state index in [2.05, 4.69) is 11.8 Å². The maximum absolute atomic E-state index is 12.2. The summed E-state index contributed by atoms with van der Waals surface area (Å²) in [5.74, 6) is 5.21. The van der Waals surface area contributed by atoms with Crippen molar-refractivity contribution in [2.24, 2.45) is 5.41 Å². The molecule has 0 spiro atoms. The van der Waals surface area contributed by atoms with Gasteiger partial charge in [0, 0.05) is 5.41 Å². The summed E-state index contributed by atoms with van der Waals surface area (Å²) in [4.78, 5) is 12.2. The first kappa shape index (κ1) is 15.9. The number of aliphatic carboxylic acids is 1. The fourth-order valence-electron chi connectivity index (χ4n) is 2.27. The normalized spacial score (nSPS) is 11.4. The Balaban J connectivity index is 2.76. The van der Waals surface area contributed by atoms with Crippen molar-refractivity contribution in [2.45, 2.75) is 26.2 Å². The van der Waals surface area contributed by atoms with E-state index in [-0.39, 0.29) is 5.41 Å². The highest BCUT2D eigenvalue weighted by Crippen LogP contribution is 2.33. The quantitative estimate of drug-likeness (QED) is 0.865. The molecule has 2 aromatic carbocycles. The Labute approximate surface area is 131 Å². The van der Waals surface area contributed by atoms with E-state index in [1.165, 1.54) is 0 Å². The highest BCUT2D eigenvalue weighted by Gasteiger charge is 2.41. The van der Waals surface area contributed by atoms with Crippen molar-refractivity contribution in [1.82, 2.24) is 0 Å². The Morgan fingerprint density at radius 1 is 0.818 bits per heavy atom. The van der Waals surface area contributed by atoms with Crippen molar-refractivity contribution in [3.05, 3.63) is 71.8 Å². The van der Waals surface area contributed by atoms with Crippen LogP contribution in [-0.4, -0.2) is 11.1 Å². The molecule has 0 unspecified atom stereocenters. The van der Waals surface area contributed by atoms with Crippen molar-refractivity contribution in [1.29, 1.82) is 0 Å². The zero-order valence-electron chi connectivity index (χ0n) is 13.1. The van der Waals surface area contributed by atoms with Gasteiger partial charge < -0.3 is 5.11 Å². The van der Waals surface area contributed by atoms with Crippen LogP contribution in [0.15, 0.2) is 60.7 Å². The van der Waals surface area contributed by atoms with Gasteiger partial charge in [0.2, 0.25) is 0 Å². The smallest absolute Gasteiger partial charge is 0.331 e. The lowest BCUT2D eigenvalue weighted by Crippen LogP contribution is -2.36. The molecule has 0 aliphatic rings. The molecule has 22 heavy (non-hydrogen) atoms. The lowest BCUT2D eigenvalue weighted by Gasteiger charge is -2.26. The van der Waals surface area contributed by atoms with Crippen LogP contribution in [-0.2, 0) is 10.2 Å². The molecule has 1 N–H and O–H groups in total. The molecule has 0 heterocycles. The van der Waals surface area contributed by atoms with Gasteiger partial charge in [-0.3, -0.25) is 0 Å². The Morgan fingerprint density at radius 2 is 1.23 bits per heavy atom. The number of hydrogen-bond acceptors (Lipinski definition) is 1. The van der Waals surface area contributed by atoms with Gasteiger partial charge >= 0.3 is 5.97 Å². The second-order valence-electron chi connectivity index (χ2n) is 6.29. The molecule has 2 rings (SSSR count). The van der Waals surface area contributed by atoms with Gasteiger partial charge in [-0.05, 0) is 31.9 Å². The van der Waals surface area contributed by atoms with E-state index >= 15 is 0 Å². The molecule has 0 aromatic heterocycles. The van der Waals surface area contributed by atoms with Crippen molar-refractivity contribution in [2.75, 3.05) is 0 Å². The molecular weight excluding hydrogens is 272 g/mol. The van der Waals surface area contributed by atoms with Crippen molar-refractivity contribution < 1.29 is 9.90 Å². The number of rotatable bonds is 3. The van der Waals surface area contributed by atoms with Gasteiger partial charge in [-0.1, -0.05) is 72.5 Å². The average Bonchev–Trinajstić information content (AvgIpc) is 2.49. The minimum atomic E-state index is -1.35. The molecule has 0 atom stereocenters. The van der Waals surface area contributed by atoms with Gasteiger partial charge in [0.05, 0.1) is 0 Å². The molecule has 0 amide bonds. The van der Waals surface area contributed by atoms with Gasteiger partial charge in [0.25, 0.3) is 0 Å². The number of hydrogen-bond donors (Lipinski definition) is 1. The Morgan fingerprint density at radius 3 is 1.55 bits per heavy atom. The Hall–Kier alpha value is -2.53. The number of carboxylic acid groups (broad SMARTS) is 1. The van der Waals surface area contributed by atoms with E-state index in [1.807, 2.05) is 81.4 Å². The fraction of sp³-hybridized carbons (Fsp3) is 0.250. The van der Waals surface area contributed by atoms with Crippen molar-refractivity contribution in [3.8, 4) is 11.8 Å². The van der Waals surface area contributed by atoms with Crippen molar-refractivity contribution >= 4 is 5.97 Å². The molecule has 0 radical (unpaired) electrons. The first-order valence-corrected chi connectivity index (χ1v) is 7.25. The third kappa shape index (κ3) is 3.20. The van der Waals surface area contributed by atoms with Crippen LogP contribution in [0, 0.1) is 17.3 Å².